The Labute approximate surface area is 97.1 Å². The number of hydrogen-bond donors (Lipinski definition) is 3. The zero-order valence-corrected chi connectivity index (χ0v) is 9.98. The van der Waals surface area contributed by atoms with Crippen LogP contribution in [0.4, 0.5) is 0 Å². The van der Waals surface area contributed by atoms with Crippen LogP contribution in [0, 0.1) is 5.92 Å². The van der Waals surface area contributed by atoms with E-state index in [4.69, 9.17) is 0 Å². The molecule has 90 valence electrons. The van der Waals surface area contributed by atoms with Crippen LogP contribution in [0.1, 0.15) is 25.8 Å². The second-order valence-corrected chi connectivity index (χ2v) is 4.56. The number of rotatable bonds is 6. The number of nitrogens with one attached hydrogen (secondary N) is 1. The molecule has 1 rings (SSSR count). The van der Waals surface area contributed by atoms with E-state index in [-0.39, 0.29) is 18.4 Å². The molecule has 3 N–H and O–H groups in total. The second-order valence-electron chi connectivity index (χ2n) is 4.56. The van der Waals surface area contributed by atoms with Gasteiger partial charge in [0.05, 0.1) is 6.61 Å². The zero-order valence-electron chi connectivity index (χ0n) is 9.98. The number of aliphatic hydroxyl groups is 1. The number of phenolic OH excluding ortho intramolecular Hbond substituents is 1. The van der Waals surface area contributed by atoms with E-state index in [2.05, 4.69) is 19.2 Å². The fraction of sp³-hybridized carbons (Fsp3) is 0.538. The summed E-state index contributed by atoms with van der Waals surface area (Å²) in [5, 5.41) is 21.8. The van der Waals surface area contributed by atoms with Gasteiger partial charge in [-0.05, 0) is 30.0 Å². The van der Waals surface area contributed by atoms with Gasteiger partial charge in [0, 0.05) is 12.6 Å². The normalized spacial score (nSPS) is 13.0. The molecule has 3 heteroatoms. The van der Waals surface area contributed by atoms with Crippen LogP contribution in [-0.2, 0) is 6.54 Å². The van der Waals surface area contributed by atoms with Crippen LogP contribution in [0.2, 0.25) is 0 Å². The minimum absolute atomic E-state index is 0.127. The van der Waals surface area contributed by atoms with Gasteiger partial charge in [-0.25, -0.2) is 0 Å². The molecule has 3 nitrogen and oxygen atoms in total. The summed E-state index contributed by atoms with van der Waals surface area (Å²) in [6.07, 6.45) is 0.954. The fourth-order valence-corrected chi connectivity index (χ4v) is 1.72. The Morgan fingerprint density at radius 2 is 2.06 bits per heavy atom. The fourth-order valence-electron chi connectivity index (χ4n) is 1.72. The van der Waals surface area contributed by atoms with Crippen molar-refractivity contribution in [2.75, 3.05) is 6.61 Å². The molecule has 0 saturated carbocycles. The van der Waals surface area contributed by atoms with Gasteiger partial charge in [0.2, 0.25) is 0 Å². The third-order valence-corrected chi connectivity index (χ3v) is 2.48. The molecule has 0 aliphatic rings. The monoisotopic (exact) mass is 223 g/mol. The van der Waals surface area contributed by atoms with Gasteiger partial charge in [-0.15, -0.1) is 0 Å². The Kier molecular flexibility index (Phi) is 5.29. The van der Waals surface area contributed by atoms with Crippen molar-refractivity contribution in [1.82, 2.24) is 5.32 Å². The van der Waals surface area contributed by atoms with E-state index >= 15 is 0 Å². The van der Waals surface area contributed by atoms with Gasteiger partial charge in [-0.2, -0.15) is 0 Å². The third-order valence-electron chi connectivity index (χ3n) is 2.48. The molecular weight excluding hydrogens is 202 g/mol. The van der Waals surface area contributed by atoms with Crippen molar-refractivity contribution in [2.24, 2.45) is 5.92 Å². The van der Waals surface area contributed by atoms with Crippen molar-refractivity contribution in [3.63, 3.8) is 0 Å². The molecule has 0 spiro atoms. The molecule has 0 heterocycles. The van der Waals surface area contributed by atoms with Crippen molar-refractivity contribution in [2.45, 2.75) is 32.9 Å². The summed E-state index contributed by atoms with van der Waals surface area (Å²) in [6.45, 7) is 5.10. The molecule has 0 aromatic heterocycles. The summed E-state index contributed by atoms with van der Waals surface area (Å²) in [5.41, 5.74) is 1.03. The van der Waals surface area contributed by atoms with Crippen molar-refractivity contribution in [3.05, 3.63) is 29.8 Å². The molecule has 1 aromatic carbocycles. The predicted octanol–water partition coefficient (Wildman–Crippen LogP) is 1.89. The van der Waals surface area contributed by atoms with Crippen LogP contribution in [0.25, 0.3) is 0 Å². The summed E-state index contributed by atoms with van der Waals surface area (Å²) in [5.74, 6) is 0.845. The number of aliphatic hydroxyl groups excluding tert-OH is 1. The van der Waals surface area contributed by atoms with Crippen molar-refractivity contribution < 1.29 is 10.2 Å². The maximum absolute atomic E-state index is 9.30. The van der Waals surface area contributed by atoms with Gasteiger partial charge in [0.25, 0.3) is 0 Å². The molecule has 0 saturated heterocycles. The number of aromatic hydroxyl groups is 1. The Morgan fingerprint density at radius 1 is 1.31 bits per heavy atom. The summed E-state index contributed by atoms with van der Waals surface area (Å²) in [7, 11) is 0. The Bertz CT molecular complexity index is 313. The lowest BCUT2D eigenvalue weighted by molar-refractivity contribution is 0.223. The highest BCUT2D eigenvalue weighted by atomic mass is 16.3. The summed E-state index contributed by atoms with van der Waals surface area (Å²) in [6, 6.07) is 7.29. The molecule has 16 heavy (non-hydrogen) atoms. The molecule has 0 aliphatic heterocycles. The standard InChI is InChI=1S/C13H21NO2/c1-10(2)6-12(9-15)14-8-11-4-3-5-13(16)7-11/h3-5,7,10,12,14-16H,6,8-9H2,1-2H3. The molecule has 1 unspecified atom stereocenters. The highest BCUT2D eigenvalue weighted by Gasteiger charge is 2.08. The Morgan fingerprint density at radius 3 is 2.62 bits per heavy atom. The summed E-state index contributed by atoms with van der Waals surface area (Å²) in [4.78, 5) is 0. The van der Waals surface area contributed by atoms with E-state index in [0.29, 0.717) is 12.5 Å². The van der Waals surface area contributed by atoms with Crippen LogP contribution >= 0.6 is 0 Å². The molecule has 1 aromatic rings. The van der Waals surface area contributed by atoms with Crippen LogP contribution < -0.4 is 5.32 Å². The number of phenols is 1. The lowest BCUT2D eigenvalue weighted by Crippen LogP contribution is -2.33. The highest BCUT2D eigenvalue weighted by molar-refractivity contribution is 5.26. The first-order valence-electron chi connectivity index (χ1n) is 5.74. The first-order valence-corrected chi connectivity index (χ1v) is 5.74. The minimum atomic E-state index is 0.127. The Balaban J connectivity index is 2.43. The lowest BCUT2D eigenvalue weighted by Gasteiger charge is -2.18. The van der Waals surface area contributed by atoms with Gasteiger partial charge in [0.1, 0.15) is 5.75 Å². The highest BCUT2D eigenvalue weighted by Crippen LogP contribution is 2.11. The molecule has 0 amide bonds. The lowest BCUT2D eigenvalue weighted by atomic mass is 10.0. The SMILES string of the molecule is CC(C)CC(CO)NCc1cccc(O)c1. The van der Waals surface area contributed by atoms with E-state index in [0.717, 1.165) is 12.0 Å². The summed E-state index contributed by atoms with van der Waals surface area (Å²) < 4.78 is 0. The number of hydrogen-bond acceptors (Lipinski definition) is 3. The van der Waals surface area contributed by atoms with Gasteiger partial charge in [-0.3, -0.25) is 0 Å². The van der Waals surface area contributed by atoms with Crippen LogP contribution in [0.3, 0.4) is 0 Å². The van der Waals surface area contributed by atoms with Crippen LogP contribution in [0.15, 0.2) is 24.3 Å². The smallest absolute Gasteiger partial charge is 0.115 e. The van der Waals surface area contributed by atoms with Gasteiger partial charge >= 0.3 is 0 Å². The van der Waals surface area contributed by atoms with Gasteiger partial charge in [0.15, 0.2) is 0 Å². The average molecular weight is 223 g/mol. The van der Waals surface area contributed by atoms with Crippen molar-refractivity contribution in [1.29, 1.82) is 0 Å². The van der Waals surface area contributed by atoms with Gasteiger partial charge in [-0.1, -0.05) is 26.0 Å². The predicted molar refractivity (Wildman–Crippen MR) is 65.3 cm³/mol. The maximum atomic E-state index is 9.30. The van der Waals surface area contributed by atoms with E-state index in [1.807, 2.05) is 12.1 Å². The molecule has 1 atom stereocenters. The topological polar surface area (TPSA) is 52.5 Å². The second kappa shape index (κ2) is 6.51. The largest absolute Gasteiger partial charge is 0.508 e. The quantitative estimate of drug-likeness (QED) is 0.690. The number of benzene rings is 1. The molecule has 0 bridgehead atoms. The van der Waals surface area contributed by atoms with Gasteiger partial charge < -0.3 is 15.5 Å². The van der Waals surface area contributed by atoms with Crippen molar-refractivity contribution >= 4 is 0 Å². The van der Waals surface area contributed by atoms with E-state index in [9.17, 15) is 10.2 Å². The third kappa shape index (κ3) is 4.64. The van der Waals surface area contributed by atoms with E-state index < -0.39 is 0 Å². The average Bonchev–Trinajstić information content (AvgIpc) is 2.24. The van der Waals surface area contributed by atoms with Crippen LogP contribution in [-0.4, -0.2) is 22.9 Å². The van der Waals surface area contributed by atoms with Crippen molar-refractivity contribution in [3.8, 4) is 5.75 Å². The first-order chi connectivity index (χ1) is 7.61. The molecule has 0 radical (unpaired) electrons. The zero-order chi connectivity index (χ0) is 12.0. The van der Waals surface area contributed by atoms with Crippen LogP contribution in [0.5, 0.6) is 5.75 Å². The summed E-state index contributed by atoms with van der Waals surface area (Å²) >= 11 is 0. The first kappa shape index (κ1) is 13.0. The molecule has 0 fully saturated rings. The minimum Gasteiger partial charge on any atom is -0.508 e. The van der Waals surface area contributed by atoms with E-state index in [1.54, 1.807) is 12.1 Å². The molecule has 0 aliphatic carbocycles. The molecular formula is C13H21NO2. The maximum Gasteiger partial charge on any atom is 0.115 e. The Hall–Kier alpha value is -1.06. The van der Waals surface area contributed by atoms with E-state index in [1.165, 1.54) is 0 Å².